The summed E-state index contributed by atoms with van der Waals surface area (Å²) in [6, 6.07) is 9.07. The van der Waals surface area contributed by atoms with Gasteiger partial charge in [-0.2, -0.15) is 5.10 Å². The van der Waals surface area contributed by atoms with E-state index >= 15 is 0 Å². The first kappa shape index (κ1) is 12.6. The number of benzene rings is 1. The third-order valence-electron chi connectivity index (χ3n) is 2.52. The first-order chi connectivity index (χ1) is 8.46. The molecule has 2 rings (SSSR count). The topological polar surface area (TPSA) is 64.0 Å². The molecule has 0 saturated carbocycles. The van der Waals surface area contributed by atoms with Crippen LogP contribution in [0.5, 0.6) is 0 Å². The fourth-order valence-electron chi connectivity index (χ4n) is 1.69. The van der Waals surface area contributed by atoms with Crippen LogP contribution in [0, 0.1) is 6.92 Å². The first-order valence-electron chi connectivity index (χ1n) is 5.50. The predicted molar refractivity (Wildman–Crippen MR) is 70.6 cm³/mol. The number of rotatable bonds is 4. The third-order valence-corrected chi connectivity index (χ3v) is 3.75. The molecule has 0 fully saturated rings. The van der Waals surface area contributed by atoms with Crippen molar-refractivity contribution in [1.29, 1.82) is 0 Å². The molecule has 5 nitrogen and oxygen atoms in total. The molecule has 0 unspecified atom stereocenters. The van der Waals surface area contributed by atoms with Gasteiger partial charge in [0.25, 0.3) is 0 Å². The minimum absolute atomic E-state index is 0.0418. The standard InChI is InChI=1S/C12H15N3O2S/c1-10-4-3-5-11(8-10)9-18(16,17)14-12-6-7-13-15(12)2/h3-8,14H,9H2,1-2H3. The zero-order chi connectivity index (χ0) is 13.2. The van der Waals surface area contributed by atoms with Crippen molar-refractivity contribution in [2.45, 2.75) is 12.7 Å². The molecule has 0 aliphatic carbocycles. The minimum Gasteiger partial charge on any atom is -0.267 e. The summed E-state index contributed by atoms with van der Waals surface area (Å²) in [4.78, 5) is 0. The van der Waals surface area contributed by atoms with Gasteiger partial charge < -0.3 is 0 Å². The minimum atomic E-state index is -3.41. The summed E-state index contributed by atoms with van der Waals surface area (Å²) < 4.78 is 27.9. The molecule has 1 aromatic carbocycles. The lowest BCUT2D eigenvalue weighted by Crippen LogP contribution is -2.17. The Morgan fingerprint density at radius 1 is 1.33 bits per heavy atom. The summed E-state index contributed by atoms with van der Waals surface area (Å²) in [7, 11) is -1.72. The molecular formula is C12H15N3O2S. The van der Waals surface area contributed by atoms with Crippen LogP contribution < -0.4 is 4.72 Å². The fraction of sp³-hybridized carbons (Fsp3) is 0.250. The molecule has 0 aliphatic rings. The van der Waals surface area contributed by atoms with E-state index in [2.05, 4.69) is 9.82 Å². The highest BCUT2D eigenvalue weighted by Crippen LogP contribution is 2.12. The predicted octanol–water partition coefficient (Wildman–Crippen LogP) is 1.67. The summed E-state index contributed by atoms with van der Waals surface area (Å²) in [5.41, 5.74) is 1.81. The van der Waals surface area contributed by atoms with Crippen molar-refractivity contribution in [3.8, 4) is 0 Å². The monoisotopic (exact) mass is 265 g/mol. The Balaban J connectivity index is 2.15. The number of sulfonamides is 1. The van der Waals surface area contributed by atoms with Crippen LogP contribution >= 0.6 is 0 Å². The van der Waals surface area contributed by atoms with Gasteiger partial charge in [0.1, 0.15) is 5.82 Å². The summed E-state index contributed by atoms with van der Waals surface area (Å²) in [5.74, 6) is 0.419. The van der Waals surface area contributed by atoms with Gasteiger partial charge >= 0.3 is 0 Å². The molecule has 0 bridgehead atoms. The van der Waals surface area contributed by atoms with Crippen molar-refractivity contribution in [2.75, 3.05) is 4.72 Å². The molecule has 1 N–H and O–H groups in total. The van der Waals surface area contributed by atoms with Crippen LogP contribution in [0.1, 0.15) is 11.1 Å². The maximum absolute atomic E-state index is 12.0. The highest BCUT2D eigenvalue weighted by molar-refractivity contribution is 7.91. The van der Waals surface area contributed by atoms with E-state index in [1.807, 2.05) is 25.1 Å². The molecular weight excluding hydrogens is 250 g/mol. The third kappa shape index (κ3) is 3.10. The maximum Gasteiger partial charge on any atom is 0.238 e. The highest BCUT2D eigenvalue weighted by atomic mass is 32.2. The summed E-state index contributed by atoms with van der Waals surface area (Å²) >= 11 is 0. The number of nitrogens with one attached hydrogen (secondary N) is 1. The van der Waals surface area contributed by atoms with Crippen molar-refractivity contribution in [3.63, 3.8) is 0 Å². The molecule has 0 spiro atoms. The second kappa shape index (κ2) is 4.81. The second-order valence-electron chi connectivity index (χ2n) is 4.19. The smallest absolute Gasteiger partial charge is 0.238 e. The SMILES string of the molecule is Cc1cccc(CS(=O)(=O)Nc2ccnn2C)c1. The van der Waals surface area contributed by atoms with E-state index in [-0.39, 0.29) is 5.75 Å². The molecule has 0 saturated heterocycles. The van der Waals surface area contributed by atoms with E-state index in [1.165, 1.54) is 4.68 Å². The number of anilines is 1. The van der Waals surface area contributed by atoms with Gasteiger partial charge in [0.15, 0.2) is 0 Å². The summed E-state index contributed by atoms with van der Waals surface area (Å²) in [6.45, 7) is 1.94. The lowest BCUT2D eigenvalue weighted by Gasteiger charge is -2.08. The van der Waals surface area contributed by atoms with Gasteiger partial charge in [-0.15, -0.1) is 0 Å². The van der Waals surface area contributed by atoms with Crippen molar-refractivity contribution in [3.05, 3.63) is 47.7 Å². The Morgan fingerprint density at radius 2 is 2.11 bits per heavy atom. The molecule has 1 aromatic heterocycles. The van der Waals surface area contributed by atoms with Crippen LogP contribution in [0.2, 0.25) is 0 Å². The Kier molecular flexibility index (Phi) is 3.38. The Morgan fingerprint density at radius 3 is 2.72 bits per heavy atom. The zero-order valence-electron chi connectivity index (χ0n) is 10.3. The maximum atomic E-state index is 12.0. The van der Waals surface area contributed by atoms with E-state index in [9.17, 15) is 8.42 Å². The second-order valence-corrected chi connectivity index (χ2v) is 5.91. The van der Waals surface area contributed by atoms with E-state index in [4.69, 9.17) is 0 Å². The van der Waals surface area contributed by atoms with E-state index in [0.29, 0.717) is 5.82 Å². The molecule has 6 heteroatoms. The van der Waals surface area contributed by atoms with Crippen LogP contribution in [0.4, 0.5) is 5.82 Å². The molecule has 0 amide bonds. The highest BCUT2D eigenvalue weighted by Gasteiger charge is 2.13. The number of hydrogen-bond acceptors (Lipinski definition) is 3. The Labute approximate surface area is 107 Å². The average Bonchev–Trinajstić information content (AvgIpc) is 2.62. The Hall–Kier alpha value is -1.82. The summed E-state index contributed by atoms with van der Waals surface area (Å²) in [6.07, 6.45) is 1.55. The lowest BCUT2D eigenvalue weighted by atomic mass is 10.2. The summed E-state index contributed by atoms with van der Waals surface area (Å²) in [5, 5.41) is 3.91. The van der Waals surface area contributed by atoms with Crippen molar-refractivity contribution in [1.82, 2.24) is 9.78 Å². The molecule has 2 aromatic rings. The fourth-order valence-corrected chi connectivity index (χ4v) is 2.90. The molecule has 18 heavy (non-hydrogen) atoms. The lowest BCUT2D eigenvalue weighted by molar-refractivity contribution is 0.599. The normalized spacial score (nSPS) is 11.4. The van der Waals surface area contributed by atoms with E-state index in [0.717, 1.165) is 11.1 Å². The van der Waals surface area contributed by atoms with Crippen LogP contribution in [-0.4, -0.2) is 18.2 Å². The number of aryl methyl sites for hydroxylation is 2. The molecule has 0 atom stereocenters. The van der Waals surface area contributed by atoms with Gasteiger partial charge in [-0.1, -0.05) is 29.8 Å². The number of nitrogens with zero attached hydrogens (tertiary/aromatic N) is 2. The van der Waals surface area contributed by atoms with Crippen molar-refractivity contribution >= 4 is 15.8 Å². The van der Waals surface area contributed by atoms with Crippen molar-refractivity contribution in [2.24, 2.45) is 7.05 Å². The first-order valence-corrected chi connectivity index (χ1v) is 7.15. The van der Waals surface area contributed by atoms with Gasteiger partial charge in [0, 0.05) is 13.1 Å². The van der Waals surface area contributed by atoms with Gasteiger partial charge in [-0.25, -0.2) is 8.42 Å². The van der Waals surface area contributed by atoms with E-state index < -0.39 is 10.0 Å². The van der Waals surface area contributed by atoms with Gasteiger partial charge in [0.05, 0.1) is 11.9 Å². The Bertz CT molecular complexity index is 647. The van der Waals surface area contributed by atoms with Crippen LogP contribution in [0.15, 0.2) is 36.5 Å². The number of aromatic nitrogens is 2. The van der Waals surface area contributed by atoms with Crippen LogP contribution in [0.3, 0.4) is 0 Å². The van der Waals surface area contributed by atoms with Crippen LogP contribution in [-0.2, 0) is 22.8 Å². The van der Waals surface area contributed by atoms with E-state index in [1.54, 1.807) is 25.4 Å². The molecule has 0 aliphatic heterocycles. The van der Waals surface area contributed by atoms with Crippen LogP contribution in [0.25, 0.3) is 0 Å². The largest absolute Gasteiger partial charge is 0.267 e. The quantitative estimate of drug-likeness (QED) is 0.914. The molecule has 96 valence electrons. The molecule has 1 heterocycles. The number of hydrogen-bond donors (Lipinski definition) is 1. The van der Waals surface area contributed by atoms with Gasteiger partial charge in [0.2, 0.25) is 10.0 Å². The van der Waals surface area contributed by atoms with Gasteiger partial charge in [-0.3, -0.25) is 9.40 Å². The average molecular weight is 265 g/mol. The zero-order valence-corrected chi connectivity index (χ0v) is 11.1. The molecule has 0 radical (unpaired) electrons. The van der Waals surface area contributed by atoms with Gasteiger partial charge in [-0.05, 0) is 12.5 Å². The van der Waals surface area contributed by atoms with Crippen molar-refractivity contribution < 1.29 is 8.42 Å².